The summed E-state index contributed by atoms with van der Waals surface area (Å²) in [6.07, 6.45) is -0.625. The van der Waals surface area contributed by atoms with Gasteiger partial charge in [-0.25, -0.2) is 14.4 Å². The first kappa shape index (κ1) is 24.1. The number of esters is 2. The Morgan fingerprint density at radius 2 is 1.76 bits per heavy atom. The van der Waals surface area contributed by atoms with Crippen LogP contribution in [0.4, 0.5) is 16.2 Å². The van der Waals surface area contributed by atoms with E-state index in [4.69, 9.17) is 18.9 Å². The van der Waals surface area contributed by atoms with Gasteiger partial charge in [0.15, 0.2) is 0 Å². The molecular weight excluding hydrogens is 434 g/mol. The zero-order chi connectivity index (χ0) is 24.3. The molecule has 178 valence electrons. The Morgan fingerprint density at radius 3 is 2.39 bits per heavy atom. The van der Waals surface area contributed by atoms with Crippen molar-refractivity contribution in [1.82, 2.24) is 4.90 Å². The monoisotopic (exact) mass is 461 g/mol. The number of hydrogen-bond donors (Lipinski definition) is 1. The largest absolute Gasteiger partial charge is 0.466 e. The molecule has 33 heavy (non-hydrogen) atoms. The highest BCUT2D eigenvalue weighted by atomic mass is 16.6. The fourth-order valence-corrected chi connectivity index (χ4v) is 3.43. The van der Waals surface area contributed by atoms with E-state index in [9.17, 15) is 19.2 Å². The van der Waals surface area contributed by atoms with Gasteiger partial charge in [0, 0.05) is 11.4 Å². The van der Waals surface area contributed by atoms with Gasteiger partial charge < -0.3 is 29.2 Å². The lowest BCUT2D eigenvalue weighted by atomic mass is 10.1. The standard InChI is InChI=1S/C22H27N3O8/c1-22(2,3)33-21(29)24-9-13-8-14(6-7-16(13)23-17(26)10-24)25-12-32-11-15(19(27)30-4)18(25)20(28)31-5/h6-8H,9-12H2,1-5H3,(H,23,26). The van der Waals surface area contributed by atoms with Crippen molar-refractivity contribution in [2.24, 2.45) is 0 Å². The van der Waals surface area contributed by atoms with E-state index in [0.29, 0.717) is 16.9 Å². The summed E-state index contributed by atoms with van der Waals surface area (Å²) in [4.78, 5) is 52.5. The molecule has 3 rings (SSSR count). The third-order valence-electron chi connectivity index (χ3n) is 4.86. The summed E-state index contributed by atoms with van der Waals surface area (Å²) in [7, 11) is 2.42. The van der Waals surface area contributed by atoms with Gasteiger partial charge in [-0.15, -0.1) is 0 Å². The molecule has 0 aromatic heterocycles. The molecule has 0 unspecified atom stereocenters. The molecule has 2 heterocycles. The van der Waals surface area contributed by atoms with Crippen LogP contribution in [0.5, 0.6) is 0 Å². The predicted molar refractivity (Wildman–Crippen MR) is 116 cm³/mol. The molecule has 2 aliphatic heterocycles. The summed E-state index contributed by atoms with van der Waals surface area (Å²) in [5.74, 6) is -1.80. The maximum absolute atomic E-state index is 12.6. The number of amides is 2. The van der Waals surface area contributed by atoms with Crippen molar-refractivity contribution in [3.8, 4) is 0 Å². The van der Waals surface area contributed by atoms with E-state index < -0.39 is 23.6 Å². The number of carbonyl (C=O) groups excluding carboxylic acids is 4. The molecule has 0 saturated carbocycles. The van der Waals surface area contributed by atoms with Crippen molar-refractivity contribution < 1.29 is 38.1 Å². The third-order valence-corrected chi connectivity index (χ3v) is 4.86. The van der Waals surface area contributed by atoms with Gasteiger partial charge in [-0.1, -0.05) is 0 Å². The van der Waals surface area contributed by atoms with Crippen LogP contribution in [0.2, 0.25) is 0 Å². The van der Waals surface area contributed by atoms with Crippen molar-refractivity contribution in [1.29, 1.82) is 0 Å². The Balaban J connectivity index is 2.00. The van der Waals surface area contributed by atoms with Gasteiger partial charge in [-0.3, -0.25) is 9.69 Å². The molecule has 1 aromatic rings. The van der Waals surface area contributed by atoms with Crippen LogP contribution >= 0.6 is 0 Å². The van der Waals surface area contributed by atoms with Crippen LogP contribution in [-0.2, 0) is 39.9 Å². The number of nitrogens with zero attached hydrogens (tertiary/aromatic N) is 2. The second kappa shape index (κ2) is 9.49. The summed E-state index contributed by atoms with van der Waals surface area (Å²) in [6.45, 7) is 5.01. The maximum Gasteiger partial charge on any atom is 0.411 e. The molecule has 1 N–H and O–H groups in total. The van der Waals surface area contributed by atoms with Crippen molar-refractivity contribution in [3.05, 3.63) is 35.0 Å². The highest BCUT2D eigenvalue weighted by Crippen LogP contribution is 2.31. The van der Waals surface area contributed by atoms with Crippen LogP contribution in [-0.4, -0.2) is 68.5 Å². The number of hydrogen-bond acceptors (Lipinski definition) is 9. The zero-order valence-corrected chi connectivity index (χ0v) is 19.2. The number of fused-ring (bicyclic) bond motifs is 1. The first-order chi connectivity index (χ1) is 15.5. The number of anilines is 2. The minimum Gasteiger partial charge on any atom is -0.466 e. The molecule has 11 heteroatoms. The van der Waals surface area contributed by atoms with Crippen LogP contribution in [0, 0.1) is 0 Å². The maximum atomic E-state index is 12.6. The van der Waals surface area contributed by atoms with E-state index in [1.807, 2.05) is 0 Å². The highest BCUT2D eigenvalue weighted by molar-refractivity contribution is 6.03. The molecule has 0 atom stereocenters. The van der Waals surface area contributed by atoms with Crippen LogP contribution in [0.3, 0.4) is 0 Å². The molecule has 0 spiro atoms. The van der Waals surface area contributed by atoms with E-state index in [2.05, 4.69) is 5.32 Å². The Morgan fingerprint density at radius 1 is 1.06 bits per heavy atom. The van der Waals surface area contributed by atoms with Crippen molar-refractivity contribution in [2.75, 3.05) is 44.3 Å². The quantitative estimate of drug-likeness (QED) is 0.530. The average Bonchev–Trinajstić information content (AvgIpc) is 2.93. The number of nitrogens with one attached hydrogen (secondary N) is 1. The van der Waals surface area contributed by atoms with Gasteiger partial charge in [0.1, 0.15) is 24.6 Å². The van der Waals surface area contributed by atoms with Gasteiger partial charge in [0.2, 0.25) is 5.91 Å². The molecule has 1 aromatic carbocycles. The fourth-order valence-electron chi connectivity index (χ4n) is 3.43. The van der Waals surface area contributed by atoms with E-state index in [1.54, 1.807) is 39.0 Å². The van der Waals surface area contributed by atoms with Gasteiger partial charge in [0.25, 0.3) is 0 Å². The first-order valence-electron chi connectivity index (χ1n) is 10.2. The lowest BCUT2D eigenvalue weighted by molar-refractivity contribution is -0.140. The molecule has 0 radical (unpaired) electrons. The molecule has 0 bridgehead atoms. The number of benzene rings is 1. The molecule has 11 nitrogen and oxygen atoms in total. The molecule has 0 aliphatic carbocycles. The average molecular weight is 461 g/mol. The Hall–Kier alpha value is -3.60. The summed E-state index contributed by atoms with van der Waals surface area (Å²) < 4.78 is 20.6. The highest BCUT2D eigenvalue weighted by Gasteiger charge is 2.33. The van der Waals surface area contributed by atoms with Gasteiger partial charge in [-0.2, -0.15) is 0 Å². The summed E-state index contributed by atoms with van der Waals surface area (Å²) in [6, 6.07) is 5.02. The van der Waals surface area contributed by atoms with E-state index in [-0.39, 0.29) is 43.6 Å². The summed E-state index contributed by atoms with van der Waals surface area (Å²) >= 11 is 0. The van der Waals surface area contributed by atoms with Gasteiger partial charge in [-0.05, 0) is 44.5 Å². The molecular formula is C22H27N3O8. The topological polar surface area (TPSA) is 124 Å². The van der Waals surface area contributed by atoms with Crippen LogP contribution in [0.1, 0.15) is 26.3 Å². The van der Waals surface area contributed by atoms with E-state index in [1.165, 1.54) is 24.0 Å². The van der Waals surface area contributed by atoms with E-state index >= 15 is 0 Å². The Bertz CT molecular complexity index is 1010. The second-order valence-corrected chi connectivity index (χ2v) is 8.44. The Kier molecular flexibility index (Phi) is 6.92. The van der Waals surface area contributed by atoms with Crippen molar-refractivity contribution in [2.45, 2.75) is 32.9 Å². The van der Waals surface area contributed by atoms with E-state index in [0.717, 1.165) is 0 Å². The minimum atomic E-state index is -0.725. The molecule has 0 saturated heterocycles. The second-order valence-electron chi connectivity index (χ2n) is 8.44. The lowest BCUT2D eigenvalue weighted by Gasteiger charge is -2.32. The SMILES string of the molecule is COC(=O)C1=C(C(=O)OC)N(c2ccc3c(c2)CN(C(=O)OC(C)(C)C)CC(=O)N3)COC1. The van der Waals surface area contributed by atoms with Crippen LogP contribution in [0.25, 0.3) is 0 Å². The van der Waals surface area contributed by atoms with Gasteiger partial charge in [0.05, 0.1) is 32.9 Å². The molecule has 2 amide bonds. The number of ether oxygens (including phenoxy) is 4. The normalized spacial score (nSPS) is 16.5. The number of methoxy groups -OCH3 is 2. The minimum absolute atomic E-state index is 0.00259. The predicted octanol–water partition coefficient (Wildman–Crippen LogP) is 1.77. The van der Waals surface area contributed by atoms with Crippen molar-refractivity contribution >= 4 is 35.3 Å². The fraction of sp³-hybridized carbons (Fsp3) is 0.455. The summed E-state index contributed by atoms with van der Waals surface area (Å²) in [5.41, 5.74) is 0.922. The smallest absolute Gasteiger partial charge is 0.411 e. The number of carbonyl (C=O) groups is 4. The first-order valence-corrected chi connectivity index (χ1v) is 10.2. The summed E-state index contributed by atoms with van der Waals surface area (Å²) in [5, 5.41) is 2.77. The molecule has 0 fully saturated rings. The zero-order valence-electron chi connectivity index (χ0n) is 19.2. The van der Waals surface area contributed by atoms with Crippen molar-refractivity contribution in [3.63, 3.8) is 0 Å². The Labute approximate surface area is 191 Å². The lowest BCUT2D eigenvalue weighted by Crippen LogP contribution is -2.39. The molecule has 2 aliphatic rings. The van der Waals surface area contributed by atoms with Crippen LogP contribution < -0.4 is 10.2 Å². The van der Waals surface area contributed by atoms with Gasteiger partial charge >= 0.3 is 18.0 Å². The van der Waals surface area contributed by atoms with Crippen LogP contribution in [0.15, 0.2) is 29.5 Å². The number of rotatable bonds is 3. The third kappa shape index (κ3) is 5.43.